The van der Waals surface area contributed by atoms with Crippen LogP contribution < -0.4 is 24.6 Å². The van der Waals surface area contributed by atoms with E-state index in [0.717, 1.165) is 17.1 Å². The summed E-state index contributed by atoms with van der Waals surface area (Å²) in [5.74, 6) is -2.04. The molecule has 4 N–H and O–H groups in total. The number of carboxylic acids is 3. The Labute approximate surface area is 345 Å². The van der Waals surface area contributed by atoms with E-state index in [0.29, 0.717) is 103 Å². The zero-order chi connectivity index (χ0) is 42.4. The average molecular weight is 832 g/mol. The Morgan fingerprint density at radius 2 is 0.915 bits per heavy atom. The number of nitrogens with zero attached hydrogens (tertiary/aromatic N) is 6. The molecular weight excluding hydrogens is 770 g/mol. The normalized spacial score (nSPS) is 18.7. The average Bonchev–Trinajstić information content (AvgIpc) is 3.21. The Morgan fingerprint density at radius 3 is 1.34 bits per heavy atom. The number of para-hydroxylation sites is 2. The molecule has 59 heavy (non-hydrogen) atoms. The van der Waals surface area contributed by atoms with Crippen molar-refractivity contribution in [1.82, 2.24) is 19.6 Å². The molecule has 2 heterocycles. The lowest BCUT2D eigenvalue weighted by atomic mass is 10.2. The van der Waals surface area contributed by atoms with Crippen molar-refractivity contribution in [2.24, 2.45) is 0 Å². The number of carbonyl (C=O) groups excluding carboxylic acids is 1. The summed E-state index contributed by atoms with van der Waals surface area (Å²) >= 11 is 0. The van der Waals surface area contributed by atoms with Crippen molar-refractivity contribution < 1.29 is 58.2 Å². The number of hydrogen-bond donors (Lipinski definition) is 4. The topological polar surface area (TPSA) is 207 Å². The lowest BCUT2D eigenvalue weighted by Crippen LogP contribution is -2.49. The molecule has 0 radical (unpaired) electrons. The molecular formula is C40H61N7O12. The van der Waals surface area contributed by atoms with Crippen LogP contribution in [-0.2, 0) is 33.4 Å². The van der Waals surface area contributed by atoms with Crippen LogP contribution in [0.25, 0.3) is 0 Å². The van der Waals surface area contributed by atoms with E-state index in [-0.39, 0.29) is 58.3 Å². The fourth-order valence-electron chi connectivity index (χ4n) is 6.92. The first-order valence-electron chi connectivity index (χ1n) is 19.9. The zero-order valence-corrected chi connectivity index (χ0v) is 34.3. The molecule has 2 aliphatic rings. The smallest absolute Gasteiger partial charge is 0.317 e. The molecule has 0 unspecified atom stereocenters. The van der Waals surface area contributed by atoms with Gasteiger partial charge in [-0.15, -0.1) is 0 Å². The highest BCUT2D eigenvalue weighted by molar-refractivity contribution is 5.93. The van der Waals surface area contributed by atoms with Crippen molar-refractivity contribution in [2.75, 3.05) is 174 Å². The Hall–Kier alpha value is -4.76. The molecule has 0 saturated carbocycles. The van der Waals surface area contributed by atoms with E-state index in [9.17, 15) is 34.5 Å². The lowest BCUT2D eigenvalue weighted by molar-refractivity contribution is -0.140. The van der Waals surface area contributed by atoms with E-state index in [2.05, 4.69) is 15.1 Å². The van der Waals surface area contributed by atoms with Crippen molar-refractivity contribution >= 4 is 40.9 Å². The number of nitrogens with one attached hydrogen (secondary N) is 1. The minimum atomic E-state index is -1.02. The first-order chi connectivity index (χ1) is 28.5. The van der Waals surface area contributed by atoms with E-state index >= 15 is 0 Å². The molecule has 1 amide bonds. The van der Waals surface area contributed by atoms with Gasteiger partial charge in [-0.25, -0.2) is 0 Å². The number of carbonyl (C=O) groups is 4. The molecule has 19 nitrogen and oxygen atoms in total. The van der Waals surface area contributed by atoms with Crippen LogP contribution in [0, 0.1) is 0 Å². The number of anilines is 3. The Bertz CT molecular complexity index is 1590. The summed E-state index contributed by atoms with van der Waals surface area (Å²) in [6.45, 7) is 6.87. The zero-order valence-electron chi connectivity index (χ0n) is 34.3. The molecule has 2 aliphatic heterocycles. The van der Waals surface area contributed by atoms with E-state index in [1.54, 1.807) is 41.1 Å². The molecule has 2 fully saturated rings. The monoisotopic (exact) mass is 831 g/mol. The quantitative estimate of drug-likeness (QED) is 0.217. The number of methoxy groups -OCH3 is 2. The summed E-state index contributed by atoms with van der Waals surface area (Å²) in [6.07, 6.45) is 0. The Kier molecular flexibility index (Phi) is 20.4. The van der Waals surface area contributed by atoms with Crippen LogP contribution >= 0.6 is 0 Å². The third kappa shape index (κ3) is 17.2. The van der Waals surface area contributed by atoms with Crippen molar-refractivity contribution in [1.29, 1.82) is 0 Å². The number of hydrogen-bond acceptors (Lipinski definition) is 15. The summed E-state index contributed by atoms with van der Waals surface area (Å²) in [6, 6.07) is 13.3. The minimum Gasteiger partial charge on any atom is -0.495 e. The number of rotatable bonds is 13. The number of carboxylic acid groups (broad SMARTS) is 3. The molecule has 4 rings (SSSR count). The number of aliphatic carboxylic acids is 3. The van der Waals surface area contributed by atoms with Gasteiger partial charge in [0.2, 0.25) is 5.91 Å². The van der Waals surface area contributed by atoms with E-state index in [1.165, 1.54) is 0 Å². The van der Waals surface area contributed by atoms with Gasteiger partial charge in [0, 0.05) is 90.3 Å². The molecule has 2 aromatic carbocycles. The van der Waals surface area contributed by atoms with Gasteiger partial charge >= 0.3 is 17.9 Å². The third-order valence-electron chi connectivity index (χ3n) is 10.00. The largest absolute Gasteiger partial charge is 0.495 e. The molecule has 0 bridgehead atoms. The number of amides is 1. The fourth-order valence-corrected chi connectivity index (χ4v) is 6.92. The SMILES string of the molecule is COc1ccccc1N1CCOCCOCCN(c2ccc(NC(=O)CN3CCN(CC(=O)O)CCN(CC(=O)O)CCN(CC(=O)O)CC3)cc2OC)CCOCC1. The Morgan fingerprint density at radius 1 is 0.525 bits per heavy atom. The predicted octanol–water partition coefficient (Wildman–Crippen LogP) is 0.494. The van der Waals surface area contributed by atoms with Crippen molar-refractivity contribution in [3.63, 3.8) is 0 Å². The second-order valence-corrected chi connectivity index (χ2v) is 14.2. The highest BCUT2D eigenvalue weighted by Gasteiger charge is 2.22. The van der Waals surface area contributed by atoms with Crippen LogP contribution in [0.5, 0.6) is 11.5 Å². The second-order valence-electron chi connectivity index (χ2n) is 14.2. The van der Waals surface area contributed by atoms with Crippen molar-refractivity contribution in [3.05, 3.63) is 42.5 Å². The van der Waals surface area contributed by atoms with Gasteiger partial charge in [-0.1, -0.05) is 12.1 Å². The standard InChI is InChI=1S/C40H61N7O12/c1-55-35-6-4-3-5-33(35)46-17-21-57-22-18-47(20-24-59-26-25-58-23-19-46)34-8-7-32(27-36(34)56-2)41-37(48)28-42-9-11-43(29-38(49)50)13-15-45(31-40(53)54)16-14-44(12-10-42)30-39(51)52/h3-8,27H,9-26,28-31H2,1-2H3,(H,41,48)(H,49,50)(H,51,52)(H,53,54). The summed E-state index contributed by atoms with van der Waals surface area (Å²) in [5, 5.41) is 31.4. The number of ether oxygens (including phenoxy) is 5. The van der Waals surface area contributed by atoms with Gasteiger partial charge in [-0.2, -0.15) is 0 Å². The second kappa shape index (κ2) is 25.7. The van der Waals surface area contributed by atoms with Crippen LogP contribution in [0.2, 0.25) is 0 Å². The molecule has 328 valence electrons. The van der Waals surface area contributed by atoms with Gasteiger partial charge in [0.25, 0.3) is 0 Å². The maximum Gasteiger partial charge on any atom is 0.317 e. The molecule has 0 spiro atoms. The van der Waals surface area contributed by atoms with Crippen LogP contribution in [0.1, 0.15) is 0 Å². The van der Waals surface area contributed by atoms with E-state index in [1.807, 2.05) is 35.2 Å². The first kappa shape index (κ1) is 46.9. The maximum atomic E-state index is 13.5. The molecule has 19 heteroatoms. The van der Waals surface area contributed by atoms with Gasteiger partial charge in [-0.05, 0) is 24.3 Å². The Balaban J connectivity index is 1.41. The summed E-state index contributed by atoms with van der Waals surface area (Å²) < 4.78 is 29.3. The summed E-state index contributed by atoms with van der Waals surface area (Å²) in [7, 11) is 3.22. The van der Waals surface area contributed by atoms with Crippen LogP contribution in [-0.4, -0.2) is 217 Å². The summed E-state index contributed by atoms with van der Waals surface area (Å²) in [4.78, 5) is 59.6. The van der Waals surface area contributed by atoms with Gasteiger partial charge < -0.3 is 54.1 Å². The van der Waals surface area contributed by atoms with Gasteiger partial charge in [0.15, 0.2) is 0 Å². The first-order valence-corrected chi connectivity index (χ1v) is 19.9. The molecule has 2 saturated heterocycles. The van der Waals surface area contributed by atoms with E-state index < -0.39 is 17.9 Å². The predicted molar refractivity (Wildman–Crippen MR) is 220 cm³/mol. The van der Waals surface area contributed by atoms with Crippen LogP contribution in [0.3, 0.4) is 0 Å². The lowest BCUT2D eigenvalue weighted by Gasteiger charge is -2.32. The third-order valence-corrected chi connectivity index (χ3v) is 10.00. The molecule has 2 aromatic rings. The highest BCUT2D eigenvalue weighted by Crippen LogP contribution is 2.32. The maximum absolute atomic E-state index is 13.5. The number of benzene rings is 2. The summed E-state index contributed by atoms with van der Waals surface area (Å²) in [5.41, 5.74) is 2.29. The van der Waals surface area contributed by atoms with Crippen LogP contribution in [0.15, 0.2) is 42.5 Å². The van der Waals surface area contributed by atoms with Gasteiger partial charge in [-0.3, -0.25) is 38.8 Å². The van der Waals surface area contributed by atoms with Crippen molar-refractivity contribution in [3.8, 4) is 11.5 Å². The molecule has 0 atom stereocenters. The fraction of sp³-hybridized carbons (Fsp3) is 0.600. The van der Waals surface area contributed by atoms with Crippen molar-refractivity contribution in [2.45, 2.75) is 0 Å². The van der Waals surface area contributed by atoms with E-state index in [4.69, 9.17) is 23.7 Å². The minimum absolute atomic E-state index is 0.0317. The molecule has 0 aliphatic carbocycles. The van der Waals surface area contributed by atoms with Crippen LogP contribution in [0.4, 0.5) is 17.1 Å². The highest BCUT2D eigenvalue weighted by atomic mass is 16.5. The van der Waals surface area contributed by atoms with Gasteiger partial charge in [0.05, 0.1) is 91.4 Å². The van der Waals surface area contributed by atoms with Gasteiger partial charge in [0.1, 0.15) is 11.5 Å². The molecule has 0 aromatic heterocycles.